The van der Waals surface area contributed by atoms with Crippen LogP contribution in [0.25, 0.3) is 5.82 Å². The number of rotatable bonds is 12. The van der Waals surface area contributed by atoms with Crippen molar-refractivity contribution in [1.82, 2.24) is 14.7 Å². The van der Waals surface area contributed by atoms with Crippen LogP contribution in [-0.2, 0) is 30.7 Å². The molecule has 0 radical (unpaired) electrons. The summed E-state index contributed by atoms with van der Waals surface area (Å²) in [4.78, 5) is 19.2. The molecular weight excluding hydrogens is 524 g/mol. The molecule has 0 fully saturated rings. The highest BCUT2D eigenvalue weighted by Gasteiger charge is 2.23. The van der Waals surface area contributed by atoms with Gasteiger partial charge in [0.2, 0.25) is 0 Å². The zero-order valence-electron chi connectivity index (χ0n) is 26.1. The fraction of sp³-hybridized carbons (Fsp3) is 0.457. The van der Waals surface area contributed by atoms with Crippen LogP contribution in [0.3, 0.4) is 0 Å². The number of benzene rings is 1. The van der Waals surface area contributed by atoms with Crippen molar-refractivity contribution in [3.63, 3.8) is 0 Å². The molecule has 0 bridgehead atoms. The van der Waals surface area contributed by atoms with E-state index >= 15 is 0 Å². The Balaban J connectivity index is 1.55. The summed E-state index contributed by atoms with van der Waals surface area (Å²) in [5.41, 5.74) is 8.49. The summed E-state index contributed by atoms with van der Waals surface area (Å²) < 4.78 is 8.18. The average molecular weight is 571 g/mol. The third-order valence-electron chi connectivity index (χ3n) is 8.53. The van der Waals surface area contributed by atoms with Crippen LogP contribution >= 0.6 is 0 Å². The second-order valence-corrected chi connectivity index (χ2v) is 11.3. The third kappa shape index (κ3) is 7.01. The molecule has 1 aliphatic carbocycles. The van der Waals surface area contributed by atoms with E-state index in [1.165, 1.54) is 40.4 Å². The van der Waals surface area contributed by atoms with Crippen LogP contribution in [0.4, 0.5) is 0 Å². The molecule has 0 saturated heterocycles. The number of nitrogens with zero attached hydrogens (tertiary/aromatic N) is 4. The van der Waals surface area contributed by atoms with E-state index in [0.717, 1.165) is 50.1 Å². The Morgan fingerprint density at radius 2 is 2.05 bits per heavy atom. The van der Waals surface area contributed by atoms with E-state index in [4.69, 9.17) is 9.73 Å². The molecule has 1 aromatic carbocycles. The van der Waals surface area contributed by atoms with Gasteiger partial charge in [0.1, 0.15) is 17.9 Å². The third-order valence-corrected chi connectivity index (χ3v) is 8.53. The van der Waals surface area contributed by atoms with Crippen molar-refractivity contribution in [2.75, 3.05) is 6.54 Å². The van der Waals surface area contributed by atoms with Crippen molar-refractivity contribution in [3.8, 4) is 0 Å². The van der Waals surface area contributed by atoms with Gasteiger partial charge in [-0.25, -0.2) is 14.5 Å². The number of hydrogen-bond acceptors (Lipinski definition) is 5. The molecule has 0 spiro atoms. The minimum Gasteiger partial charge on any atom is -0.488 e. The molecule has 4 rings (SSSR count). The van der Waals surface area contributed by atoms with Crippen molar-refractivity contribution >= 4 is 18.0 Å². The Kier molecular flexibility index (Phi) is 10.7. The van der Waals surface area contributed by atoms with Crippen molar-refractivity contribution < 1.29 is 14.6 Å². The lowest BCUT2D eigenvalue weighted by molar-refractivity contribution is 0.0695. The molecule has 2 aromatic rings. The first-order chi connectivity index (χ1) is 20.3. The van der Waals surface area contributed by atoms with Crippen molar-refractivity contribution in [2.45, 2.75) is 99.3 Å². The summed E-state index contributed by atoms with van der Waals surface area (Å²) in [6.07, 6.45) is 16.6. The van der Waals surface area contributed by atoms with Crippen LogP contribution in [0, 0.1) is 6.92 Å². The number of allylic oxidation sites excluding steroid dienone is 6. The van der Waals surface area contributed by atoms with Crippen LogP contribution < -0.4 is 0 Å². The summed E-state index contributed by atoms with van der Waals surface area (Å²) in [5, 5.41) is 14.1. The predicted octanol–water partition coefficient (Wildman–Crippen LogP) is 7.66. The number of ether oxygens (including phenoxy) is 1. The SMILES string of the molecule is C\C=C/C=C(\N=C\C1=CCCC(C)=C1OCc1ccc2c(c1C)CCN(C(C)CC)C2)n1ncc(C(=O)O)c1CCC. The van der Waals surface area contributed by atoms with Gasteiger partial charge < -0.3 is 9.84 Å². The molecule has 1 N–H and O–H groups in total. The minimum absolute atomic E-state index is 0.211. The van der Waals surface area contributed by atoms with Gasteiger partial charge in [0.25, 0.3) is 0 Å². The first-order valence-corrected chi connectivity index (χ1v) is 15.3. The molecule has 2 heterocycles. The van der Waals surface area contributed by atoms with Gasteiger partial charge >= 0.3 is 5.97 Å². The van der Waals surface area contributed by atoms with Gasteiger partial charge in [0.05, 0.1) is 11.9 Å². The molecule has 224 valence electrons. The molecule has 42 heavy (non-hydrogen) atoms. The Morgan fingerprint density at radius 1 is 1.24 bits per heavy atom. The Bertz CT molecular complexity index is 1440. The van der Waals surface area contributed by atoms with Crippen LogP contribution in [0.2, 0.25) is 0 Å². The lowest BCUT2D eigenvalue weighted by Gasteiger charge is -2.34. The molecule has 7 heteroatoms. The number of aromatic nitrogens is 2. The summed E-state index contributed by atoms with van der Waals surface area (Å²) in [6.45, 7) is 15.5. The number of carbonyl (C=O) groups is 1. The maximum atomic E-state index is 11.8. The first-order valence-electron chi connectivity index (χ1n) is 15.3. The van der Waals surface area contributed by atoms with Gasteiger partial charge in [-0.1, -0.05) is 50.6 Å². The summed E-state index contributed by atoms with van der Waals surface area (Å²) >= 11 is 0. The first kappa shape index (κ1) is 31.2. The van der Waals surface area contributed by atoms with Crippen molar-refractivity contribution in [3.05, 3.63) is 93.1 Å². The monoisotopic (exact) mass is 570 g/mol. The number of carboxylic acids is 1. The molecule has 0 amide bonds. The number of aliphatic imine (C=N–C) groups is 1. The second kappa shape index (κ2) is 14.5. The van der Waals surface area contributed by atoms with E-state index in [0.29, 0.717) is 30.6 Å². The molecule has 0 saturated carbocycles. The maximum Gasteiger partial charge on any atom is 0.339 e. The van der Waals surface area contributed by atoms with Crippen LogP contribution in [0.15, 0.2) is 64.5 Å². The van der Waals surface area contributed by atoms with Crippen molar-refractivity contribution in [1.29, 1.82) is 0 Å². The highest BCUT2D eigenvalue weighted by atomic mass is 16.5. The highest BCUT2D eigenvalue weighted by molar-refractivity contribution is 5.90. The largest absolute Gasteiger partial charge is 0.488 e. The molecule has 1 aliphatic heterocycles. The normalized spacial score (nSPS) is 17.2. The Hall–Kier alpha value is -3.71. The predicted molar refractivity (Wildman–Crippen MR) is 171 cm³/mol. The van der Waals surface area contributed by atoms with E-state index in [1.807, 2.05) is 38.3 Å². The lowest BCUT2D eigenvalue weighted by atomic mass is 9.91. The number of hydrogen-bond donors (Lipinski definition) is 1. The van der Waals surface area contributed by atoms with E-state index in [-0.39, 0.29) is 5.56 Å². The van der Waals surface area contributed by atoms with Gasteiger partial charge in [0, 0.05) is 30.9 Å². The van der Waals surface area contributed by atoms with E-state index in [2.05, 4.69) is 55.9 Å². The van der Waals surface area contributed by atoms with Gasteiger partial charge in [-0.2, -0.15) is 5.10 Å². The lowest BCUT2D eigenvalue weighted by Crippen LogP contribution is -2.37. The van der Waals surface area contributed by atoms with E-state index in [9.17, 15) is 9.90 Å². The number of carboxylic acid groups (broad SMARTS) is 1. The quantitative estimate of drug-likeness (QED) is 0.209. The zero-order valence-corrected chi connectivity index (χ0v) is 26.1. The second-order valence-electron chi connectivity index (χ2n) is 11.3. The van der Waals surface area contributed by atoms with E-state index in [1.54, 1.807) is 4.68 Å². The molecule has 1 aromatic heterocycles. The number of aromatic carboxylic acids is 1. The highest BCUT2D eigenvalue weighted by Crippen LogP contribution is 2.30. The summed E-state index contributed by atoms with van der Waals surface area (Å²) in [7, 11) is 0. The number of fused-ring (bicyclic) bond motifs is 1. The van der Waals surface area contributed by atoms with Crippen molar-refractivity contribution in [2.24, 2.45) is 4.99 Å². The topological polar surface area (TPSA) is 80.0 Å². The fourth-order valence-electron chi connectivity index (χ4n) is 5.78. The molecular formula is C35H46N4O3. The van der Waals surface area contributed by atoms with Crippen LogP contribution in [0.5, 0.6) is 0 Å². The van der Waals surface area contributed by atoms with Crippen LogP contribution in [0.1, 0.15) is 98.6 Å². The standard InChI is InChI=1S/C35H46N4O3/c1-7-10-15-33(39-32(12-8-2)31(21-37-39)35(40)41)36-20-27-14-11-13-24(4)34(27)42-23-29-17-16-28-22-38(25(5)9-3)19-18-30(28)26(29)6/h7,10,14-17,20-21,25H,8-9,11-13,18-19,22-23H2,1-6H3,(H,40,41)/b10-7-,33-15+,36-20+. The Labute approximate surface area is 251 Å². The van der Waals surface area contributed by atoms with Gasteiger partial charge in [-0.3, -0.25) is 4.90 Å². The minimum atomic E-state index is -0.978. The summed E-state index contributed by atoms with van der Waals surface area (Å²) in [5.74, 6) is 0.453. The molecule has 2 aliphatic rings. The molecule has 1 atom stereocenters. The maximum absolute atomic E-state index is 11.8. The smallest absolute Gasteiger partial charge is 0.339 e. The van der Waals surface area contributed by atoms with Gasteiger partial charge in [-0.05, 0) is 93.7 Å². The molecule has 7 nitrogen and oxygen atoms in total. The zero-order chi connectivity index (χ0) is 30.2. The van der Waals surface area contributed by atoms with Gasteiger partial charge in [0.15, 0.2) is 5.82 Å². The van der Waals surface area contributed by atoms with Crippen LogP contribution in [-0.4, -0.2) is 44.6 Å². The van der Waals surface area contributed by atoms with Gasteiger partial charge in [-0.15, -0.1) is 0 Å². The van der Waals surface area contributed by atoms with E-state index < -0.39 is 5.97 Å². The summed E-state index contributed by atoms with van der Waals surface area (Å²) in [6, 6.07) is 5.13. The Morgan fingerprint density at radius 3 is 2.76 bits per heavy atom. The fourth-order valence-corrected chi connectivity index (χ4v) is 5.78. The average Bonchev–Trinajstić information content (AvgIpc) is 3.41. The molecule has 1 unspecified atom stereocenters.